The van der Waals surface area contributed by atoms with E-state index in [-0.39, 0.29) is 18.3 Å². The summed E-state index contributed by atoms with van der Waals surface area (Å²) in [6.45, 7) is 10.3. The van der Waals surface area contributed by atoms with Crippen LogP contribution in [0.1, 0.15) is 46.5 Å². The molecule has 0 radical (unpaired) electrons. The number of benzene rings is 1. The summed E-state index contributed by atoms with van der Waals surface area (Å²) in [6.07, 6.45) is 3.36. The highest BCUT2D eigenvalue weighted by Crippen LogP contribution is 2.32. The third kappa shape index (κ3) is 7.84. The molecule has 30 heavy (non-hydrogen) atoms. The van der Waals surface area contributed by atoms with Crippen molar-refractivity contribution in [3.05, 3.63) is 18.2 Å². The zero-order valence-corrected chi connectivity index (χ0v) is 19.2. The minimum absolute atomic E-state index is 0. The Hall–Kier alpha value is -2.32. The molecular formula is C21H34ClN5O3. The molecule has 1 aromatic carbocycles. The summed E-state index contributed by atoms with van der Waals surface area (Å²) in [7, 11) is 1.57. The van der Waals surface area contributed by atoms with Gasteiger partial charge in [-0.25, -0.2) is 0 Å². The molecule has 2 rings (SSSR count). The molecule has 1 heterocycles. The molecule has 1 aromatic heterocycles. The first-order valence-electron chi connectivity index (χ1n) is 10.4. The second-order valence-corrected chi connectivity index (χ2v) is 6.79. The van der Waals surface area contributed by atoms with Crippen LogP contribution in [0.15, 0.2) is 22.6 Å². The van der Waals surface area contributed by atoms with Gasteiger partial charge in [0.05, 0.1) is 12.7 Å². The number of unbranched alkanes of at least 4 members (excludes halogenated alkanes) is 1. The van der Waals surface area contributed by atoms with Gasteiger partial charge >= 0.3 is 6.01 Å². The highest BCUT2D eigenvalue weighted by atomic mass is 35.5. The number of halogens is 1. The number of carbonyl (C=O) groups excluding carboxylic acids is 1. The summed E-state index contributed by atoms with van der Waals surface area (Å²) < 4.78 is 11.2. The topological polar surface area (TPSA) is 92.5 Å². The highest BCUT2D eigenvalue weighted by Gasteiger charge is 2.15. The predicted molar refractivity (Wildman–Crippen MR) is 123 cm³/mol. The summed E-state index contributed by atoms with van der Waals surface area (Å²) in [6, 6.07) is 5.77. The van der Waals surface area contributed by atoms with Crippen molar-refractivity contribution in [3.8, 4) is 17.2 Å². The molecule has 0 aliphatic rings. The average molecular weight is 440 g/mol. The Kier molecular flexibility index (Phi) is 11.8. The summed E-state index contributed by atoms with van der Waals surface area (Å²) >= 11 is 0. The van der Waals surface area contributed by atoms with Gasteiger partial charge in [-0.2, -0.15) is 0 Å². The monoisotopic (exact) mass is 439 g/mol. The zero-order valence-electron chi connectivity index (χ0n) is 18.4. The number of nitrogens with one attached hydrogen (secondary N) is 2. The van der Waals surface area contributed by atoms with Gasteiger partial charge in [0.2, 0.25) is 5.91 Å². The lowest BCUT2D eigenvalue weighted by Crippen LogP contribution is -2.25. The molecule has 0 unspecified atom stereocenters. The third-order valence-electron chi connectivity index (χ3n) is 4.72. The van der Waals surface area contributed by atoms with Crippen molar-refractivity contribution in [1.29, 1.82) is 0 Å². The minimum Gasteiger partial charge on any atom is -0.496 e. The Bertz CT molecular complexity index is 765. The number of hydrogen-bond donors (Lipinski definition) is 2. The molecule has 2 aromatic rings. The van der Waals surface area contributed by atoms with Crippen LogP contribution in [0.4, 0.5) is 11.7 Å². The van der Waals surface area contributed by atoms with E-state index in [0.29, 0.717) is 35.3 Å². The Morgan fingerprint density at radius 3 is 2.60 bits per heavy atom. The quantitative estimate of drug-likeness (QED) is 0.445. The fraction of sp³-hybridized carbons (Fsp3) is 0.571. The van der Waals surface area contributed by atoms with E-state index < -0.39 is 0 Å². The van der Waals surface area contributed by atoms with Gasteiger partial charge < -0.3 is 24.7 Å². The number of anilines is 2. The summed E-state index contributed by atoms with van der Waals surface area (Å²) in [5, 5.41) is 14.2. The van der Waals surface area contributed by atoms with Crippen LogP contribution in [-0.2, 0) is 4.79 Å². The van der Waals surface area contributed by atoms with Crippen molar-refractivity contribution < 1.29 is 13.9 Å². The molecule has 0 atom stereocenters. The Balaban J connectivity index is 0.00000450. The molecule has 0 spiro atoms. The van der Waals surface area contributed by atoms with Gasteiger partial charge in [-0.05, 0) is 44.6 Å². The van der Waals surface area contributed by atoms with Crippen molar-refractivity contribution in [2.45, 2.75) is 46.5 Å². The summed E-state index contributed by atoms with van der Waals surface area (Å²) in [5.74, 6) is 0.933. The van der Waals surface area contributed by atoms with Gasteiger partial charge in [0, 0.05) is 24.7 Å². The predicted octanol–water partition coefficient (Wildman–Crippen LogP) is 4.44. The number of nitrogens with zero attached hydrogens (tertiary/aromatic N) is 3. The molecule has 2 N–H and O–H groups in total. The smallest absolute Gasteiger partial charge is 0.315 e. The molecule has 0 aliphatic heterocycles. The van der Waals surface area contributed by atoms with Gasteiger partial charge in [-0.3, -0.25) is 4.79 Å². The fourth-order valence-corrected chi connectivity index (χ4v) is 2.95. The molecule has 9 heteroatoms. The molecule has 168 valence electrons. The summed E-state index contributed by atoms with van der Waals surface area (Å²) in [4.78, 5) is 14.3. The van der Waals surface area contributed by atoms with Crippen molar-refractivity contribution in [3.63, 3.8) is 0 Å². The van der Waals surface area contributed by atoms with Crippen LogP contribution in [0.3, 0.4) is 0 Å². The standard InChI is InChI=1S/C21H33N5O3.ClH/c1-5-8-10-19(27)23-16-11-12-17(18(15-16)28-4)20-24-25-21(29-20)22-13-9-14-26(6-2)7-3;/h11-12,15H,5-10,13-14H2,1-4H3,(H,22,25)(H,23,27);1H. The third-order valence-corrected chi connectivity index (χ3v) is 4.72. The van der Waals surface area contributed by atoms with E-state index in [9.17, 15) is 4.79 Å². The molecule has 1 amide bonds. The first-order valence-corrected chi connectivity index (χ1v) is 10.4. The maximum atomic E-state index is 11.9. The second-order valence-electron chi connectivity index (χ2n) is 6.79. The van der Waals surface area contributed by atoms with Crippen molar-refractivity contribution in [2.24, 2.45) is 0 Å². The number of aromatic nitrogens is 2. The number of amides is 1. The van der Waals surface area contributed by atoms with E-state index in [0.717, 1.165) is 45.4 Å². The lowest BCUT2D eigenvalue weighted by molar-refractivity contribution is -0.116. The molecule has 0 bridgehead atoms. The number of carbonyl (C=O) groups is 1. The number of rotatable bonds is 13. The molecule has 0 saturated heterocycles. The van der Waals surface area contributed by atoms with Gasteiger partial charge in [0.25, 0.3) is 5.89 Å². The van der Waals surface area contributed by atoms with E-state index in [1.807, 2.05) is 12.1 Å². The first-order chi connectivity index (χ1) is 14.1. The molecular weight excluding hydrogens is 406 g/mol. The maximum Gasteiger partial charge on any atom is 0.315 e. The summed E-state index contributed by atoms with van der Waals surface area (Å²) in [5.41, 5.74) is 1.36. The van der Waals surface area contributed by atoms with E-state index >= 15 is 0 Å². The van der Waals surface area contributed by atoms with Crippen LogP contribution < -0.4 is 15.4 Å². The van der Waals surface area contributed by atoms with Crippen molar-refractivity contribution in [2.75, 3.05) is 43.9 Å². The van der Waals surface area contributed by atoms with Crippen molar-refractivity contribution >= 4 is 30.0 Å². The highest BCUT2D eigenvalue weighted by molar-refractivity contribution is 5.91. The fourth-order valence-electron chi connectivity index (χ4n) is 2.95. The van der Waals surface area contributed by atoms with E-state index in [4.69, 9.17) is 9.15 Å². The van der Waals surface area contributed by atoms with Crippen LogP contribution >= 0.6 is 12.4 Å². The Morgan fingerprint density at radius 1 is 1.17 bits per heavy atom. The van der Waals surface area contributed by atoms with E-state index in [1.54, 1.807) is 13.2 Å². The largest absolute Gasteiger partial charge is 0.496 e. The average Bonchev–Trinajstić information content (AvgIpc) is 3.21. The number of ether oxygens (including phenoxy) is 1. The van der Waals surface area contributed by atoms with Gasteiger partial charge in [-0.15, -0.1) is 17.5 Å². The molecule has 0 fully saturated rings. The van der Waals surface area contributed by atoms with Crippen LogP contribution in [0.25, 0.3) is 11.5 Å². The SMILES string of the molecule is CCCCC(=O)Nc1ccc(-c2nnc(NCCCN(CC)CC)o2)c(OC)c1.Cl. The van der Waals surface area contributed by atoms with Crippen LogP contribution in [-0.4, -0.2) is 54.3 Å². The Labute approximate surface area is 185 Å². The molecule has 8 nitrogen and oxygen atoms in total. The lowest BCUT2D eigenvalue weighted by atomic mass is 10.1. The van der Waals surface area contributed by atoms with E-state index in [2.05, 4.69) is 46.5 Å². The van der Waals surface area contributed by atoms with Crippen LogP contribution in [0, 0.1) is 0 Å². The van der Waals surface area contributed by atoms with Crippen molar-refractivity contribution in [1.82, 2.24) is 15.1 Å². The zero-order chi connectivity index (χ0) is 21.1. The van der Waals surface area contributed by atoms with Gasteiger partial charge in [0.15, 0.2) is 0 Å². The van der Waals surface area contributed by atoms with Gasteiger partial charge in [-0.1, -0.05) is 32.3 Å². The van der Waals surface area contributed by atoms with E-state index in [1.165, 1.54) is 0 Å². The minimum atomic E-state index is -0.00404. The van der Waals surface area contributed by atoms with Gasteiger partial charge in [0.1, 0.15) is 5.75 Å². The lowest BCUT2D eigenvalue weighted by Gasteiger charge is -2.17. The second kappa shape index (κ2) is 13.8. The van der Waals surface area contributed by atoms with Crippen LogP contribution in [0.2, 0.25) is 0 Å². The number of hydrogen-bond acceptors (Lipinski definition) is 7. The first kappa shape index (κ1) is 25.7. The maximum absolute atomic E-state index is 11.9. The Morgan fingerprint density at radius 2 is 1.93 bits per heavy atom. The van der Waals surface area contributed by atoms with Crippen LogP contribution in [0.5, 0.6) is 5.75 Å². The number of methoxy groups -OCH3 is 1. The normalized spacial score (nSPS) is 10.6. The molecule has 0 saturated carbocycles. The molecule has 0 aliphatic carbocycles.